The van der Waals surface area contributed by atoms with Crippen molar-refractivity contribution in [3.8, 4) is 5.75 Å². The van der Waals surface area contributed by atoms with E-state index in [4.69, 9.17) is 10.5 Å². The Kier molecular flexibility index (Phi) is 7.40. The topological polar surface area (TPSA) is 102 Å². The van der Waals surface area contributed by atoms with Crippen molar-refractivity contribution in [1.82, 2.24) is 15.6 Å². The lowest BCUT2D eigenvalue weighted by Crippen LogP contribution is -2.36. The SMILES string of the molecule is CCNC(=NCc1cccc(OCC(N)=O)c1)NCc1nc(C)c(C)s1. The lowest BCUT2D eigenvalue weighted by molar-refractivity contribution is -0.119. The first-order chi connectivity index (χ1) is 12.5. The van der Waals surface area contributed by atoms with Crippen LogP contribution >= 0.6 is 11.3 Å². The molecule has 0 aliphatic heterocycles. The molecule has 0 saturated heterocycles. The number of benzene rings is 1. The van der Waals surface area contributed by atoms with Crippen molar-refractivity contribution in [3.63, 3.8) is 0 Å². The number of hydrogen-bond acceptors (Lipinski definition) is 5. The monoisotopic (exact) mass is 375 g/mol. The van der Waals surface area contributed by atoms with Gasteiger partial charge in [0, 0.05) is 11.4 Å². The first kappa shape index (κ1) is 19.7. The number of primary amides is 1. The van der Waals surface area contributed by atoms with Gasteiger partial charge >= 0.3 is 0 Å². The summed E-state index contributed by atoms with van der Waals surface area (Å²) in [6.07, 6.45) is 0. The van der Waals surface area contributed by atoms with Crippen LogP contribution in [-0.2, 0) is 17.9 Å². The van der Waals surface area contributed by atoms with Gasteiger partial charge in [0.05, 0.1) is 18.8 Å². The number of aromatic nitrogens is 1. The summed E-state index contributed by atoms with van der Waals surface area (Å²) in [5.74, 6) is 0.823. The van der Waals surface area contributed by atoms with Crippen molar-refractivity contribution in [3.05, 3.63) is 45.4 Å². The van der Waals surface area contributed by atoms with Crippen LogP contribution in [0.25, 0.3) is 0 Å². The first-order valence-corrected chi connectivity index (χ1v) is 9.24. The molecule has 1 aromatic heterocycles. The minimum Gasteiger partial charge on any atom is -0.484 e. The summed E-state index contributed by atoms with van der Waals surface area (Å²) in [5, 5.41) is 7.55. The molecule has 0 atom stereocenters. The summed E-state index contributed by atoms with van der Waals surface area (Å²) in [6, 6.07) is 7.46. The average molecular weight is 375 g/mol. The molecular formula is C18H25N5O2S. The Bertz CT molecular complexity index is 753. The number of guanidine groups is 1. The van der Waals surface area contributed by atoms with Gasteiger partial charge in [-0.25, -0.2) is 9.98 Å². The van der Waals surface area contributed by atoms with Crippen molar-refractivity contribution in [1.29, 1.82) is 0 Å². The first-order valence-electron chi connectivity index (χ1n) is 8.43. The number of aliphatic imine (C=N–C) groups is 1. The Labute approximate surface area is 157 Å². The third kappa shape index (κ3) is 6.36. The molecule has 4 N–H and O–H groups in total. The molecule has 1 aromatic carbocycles. The third-order valence-corrected chi connectivity index (χ3v) is 4.60. The zero-order valence-corrected chi connectivity index (χ0v) is 16.2. The second-order valence-electron chi connectivity index (χ2n) is 5.70. The fraction of sp³-hybridized carbons (Fsp3) is 0.389. The van der Waals surface area contributed by atoms with Gasteiger partial charge in [-0.05, 0) is 38.5 Å². The number of amides is 1. The molecule has 0 bridgehead atoms. The van der Waals surface area contributed by atoms with Crippen molar-refractivity contribution in [2.24, 2.45) is 10.7 Å². The van der Waals surface area contributed by atoms with E-state index in [0.717, 1.165) is 28.8 Å². The average Bonchev–Trinajstić information content (AvgIpc) is 2.94. The van der Waals surface area contributed by atoms with E-state index in [0.29, 0.717) is 18.8 Å². The number of thiazole rings is 1. The lowest BCUT2D eigenvalue weighted by atomic mass is 10.2. The van der Waals surface area contributed by atoms with E-state index >= 15 is 0 Å². The highest BCUT2D eigenvalue weighted by molar-refractivity contribution is 7.11. The van der Waals surface area contributed by atoms with E-state index in [-0.39, 0.29) is 6.61 Å². The van der Waals surface area contributed by atoms with Crippen molar-refractivity contribution < 1.29 is 9.53 Å². The summed E-state index contributed by atoms with van der Waals surface area (Å²) >= 11 is 1.69. The zero-order chi connectivity index (χ0) is 18.9. The molecule has 0 fully saturated rings. The standard InChI is InChI=1S/C18H25N5O2S/c1-4-20-18(22-10-17-23-12(2)13(3)26-17)21-9-14-6-5-7-15(8-14)25-11-16(19)24/h5-8H,4,9-11H2,1-3H3,(H2,19,24)(H2,20,21,22). The van der Waals surface area contributed by atoms with Gasteiger partial charge in [-0.2, -0.15) is 0 Å². The molecule has 0 spiro atoms. The van der Waals surface area contributed by atoms with E-state index in [1.54, 1.807) is 17.4 Å². The quantitative estimate of drug-likeness (QED) is 0.483. The predicted molar refractivity (Wildman–Crippen MR) is 104 cm³/mol. The maximum absolute atomic E-state index is 10.8. The van der Waals surface area contributed by atoms with Crippen LogP contribution in [0.1, 0.15) is 28.1 Å². The van der Waals surface area contributed by atoms with Gasteiger partial charge in [-0.3, -0.25) is 4.79 Å². The third-order valence-electron chi connectivity index (χ3n) is 3.52. The predicted octanol–water partition coefficient (Wildman–Crippen LogP) is 1.88. The van der Waals surface area contributed by atoms with Gasteiger partial charge in [0.2, 0.25) is 0 Å². The van der Waals surface area contributed by atoms with E-state index in [1.165, 1.54) is 4.88 Å². The van der Waals surface area contributed by atoms with Gasteiger partial charge in [0.25, 0.3) is 5.91 Å². The molecular weight excluding hydrogens is 350 g/mol. The van der Waals surface area contributed by atoms with Crippen LogP contribution in [-0.4, -0.2) is 30.0 Å². The minimum absolute atomic E-state index is 0.135. The Morgan fingerprint density at radius 1 is 1.35 bits per heavy atom. The number of nitrogens with one attached hydrogen (secondary N) is 2. The Morgan fingerprint density at radius 2 is 2.15 bits per heavy atom. The summed E-state index contributed by atoms with van der Waals surface area (Å²) in [5.41, 5.74) is 7.14. The largest absolute Gasteiger partial charge is 0.484 e. The number of rotatable bonds is 8. The Morgan fingerprint density at radius 3 is 2.81 bits per heavy atom. The Hall–Kier alpha value is -2.61. The fourth-order valence-electron chi connectivity index (χ4n) is 2.17. The maximum Gasteiger partial charge on any atom is 0.255 e. The molecule has 0 aliphatic carbocycles. The molecule has 7 nitrogen and oxygen atoms in total. The summed E-state index contributed by atoms with van der Waals surface area (Å²) in [7, 11) is 0. The summed E-state index contributed by atoms with van der Waals surface area (Å²) in [4.78, 5) is 21.2. The van der Waals surface area contributed by atoms with E-state index in [1.807, 2.05) is 32.0 Å². The van der Waals surface area contributed by atoms with Crippen LogP contribution < -0.4 is 21.1 Å². The normalized spacial score (nSPS) is 11.3. The van der Waals surface area contributed by atoms with Crippen LogP contribution in [0, 0.1) is 13.8 Å². The molecule has 2 rings (SSSR count). The fourth-order valence-corrected chi connectivity index (χ4v) is 3.05. The number of carbonyl (C=O) groups is 1. The highest BCUT2D eigenvalue weighted by atomic mass is 32.1. The highest BCUT2D eigenvalue weighted by Gasteiger charge is 2.05. The number of hydrogen-bond donors (Lipinski definition) is 3. The smallest absolute Gasteiger partial charge is 0.255 e. The summed E-state index contributed by atoms with van der Waals surface area (Å²) in [6.45, 7) is 7.86. The van der Waals surface area contributed by atoms with Crippen LogP contribution in [0.2, 0.25) is 0 Å². The number of aryl methyl sites for hydroxylation is 2. The van der Waals surface area contributed by atoms with Gasteiger partial charge in [0.15, 0.2) is 12.6 Å². The second-order valence-corrected chi connectivity index (χ2v) is 6.99. The minimum atomic E-state index is -0.500. The second kappa shape index (κ2) is 9.76. The van der Waals surface area contributed by atoms with Crippen molar-refractivity contribution >= 4 is 23.2 Å². The van der Waals surface area contributed by atoms with Crippen LogP contribution in [0.15, 0.2) is 29.3 Å². The van der Waals surface area contributed by atoms with Gasteiger partial charge in [-0.1, -0.05) is 12.1 Å². The number of ether oxygens (including phenoxy) is 1. The maximum atomic E-state index is 10.8. The van der Waals surface area contributed by atoms with E-state index in [2.05, 4.69) is 27.5 Å². The van der Waals surface area contributed by atoms with Gasteiger partial charge in [0.1, 0.15) is 10.8 Å². The molecule has 1 heterocycles. The number of nitrogens with two attached hydrogens (primary N) is 1. The van der Waals surface area contributed by atoms with E-state index in [9.17, 15) is 4.79 Å². The molecule has 0 saturated carbocycles. The van der Waals surface area contributed by atoms with Crippen molar-refractivity contribution in [2.45, 2.75) is 33.9 Å². The Balaban J connectivity index is 1.97. The zero-order valence-electron chi connectivity index (χ0n) is 15.3. The molecule has 140 valence electrons. The van der Waals surface area contributed by atoms with Crippen LogP contribution in [0.4, 0.5) is 0 Å². The highest BCUT2D eigenvalue weighted by Crippen LogP contribution is 2.16. The molecule has 8 heteroatoms. The molecule has 0 radical (unpaired) electrons. The molecule has 0 unspecified atom stereocenters. The van der Waals surface area contributed by atoms with Crippen molar-refractivity contribution in [2.75, 3.05) is 13.2 Å². The summed E-state index contributed by atoms with van der Waals surface area (Å²) < 4.78 is 5.32. The van der Waals surface area contributed by atoms with Gasteiger partial charge in [-0.15, -0.1) is 11.3 Å². The molecule has 2 aromatic rings. The van der Waals surface area contributed by atoms with Crippen LogP contribution in [0.3, 0.4) is 0 Å². The lowest BCUT2D eigenvalue weighted by Gasteiger charge is -2.10. The van der Waals surface area contributed by atoms with E-state index < -0.39 is 5.91 Å². The number of carbonyl (C=O) groups excluding carboxylic acids is 1. The number of nitrogens with zero attached hydrogens (tertiary/aromatic N) is 2. The molecule has 1 amide bonds. The van der Waals surface area contributed by atoms with Crippen LogP contribution in [0.5, 0.6) is 5.75 Å². The van der Waals surface area contributed by atoms with Gasteiger partial charge < -0.3 is 21.1 Å². The molecule has 26 heavy (non-hydrogen) atoms. The molecule has 0 aliphatic rings.